The predicted octanol–water partition coefficient (Wildman–Crippen LogP) is 3.08. The van der Waals surface area contributed by atoms with E-state index in [-0.39, 0.29) is 18.6 Å². The molecule has 1 atom stereocenters. The molecule has 0 radical (unpaired) electrons. The number of nitrogens with one attached hydrogen (secondary N) is 1. The maximum absolute atomic E-state index is 12.3. The zero-order valence-electron chi connectivity index (χ0n) is 13.3. The number of rotatable bonds is 2. The van der Waals surface area contributed by atoms with Crippen molar-refractivity contribution in [3.63, 3.8) is 0 Å². The third-order valence-corrected chi connectivity index (χ3v) is 4.62. The van der Waals surface area contributed by atoms with E-state index in [1.807, 2.05) is 54.7 Å². The Hall–Kier alpha value is -3.28. The number of benzene rings is 2. The van der Waals surface area contributed by atoms with E-state index in [9.17, 15) is 4.79 Å². The maximum Gasteiger partial charge on any atom is 0.231 e. The molecule has 0 saturated heterocycles. The van der Waals surface area contributed by atoms with Gasteiger partial charge in [-0.15, -0.1) is 0 Å². The van der Waals surface area contributed by atoms with Crippen molar-refractivity contribution in [1.82, 2.24) is 9.78 Å². The number of hydrogen-bond donors (Lipinski definition) is 1. The second kappa shape index (κ2) is 5.37. The van der Waals surface area contributed by atoms with Crippen LogP contribution >= 0.6 is 0 Å². The summed E-state index contributed by atoms with van der Waals surface area (Å²) in [5, 5.41) is 7.46. The fourth-order valence-electron chi connectivity index (χ4n) is 3.41. The minimum atomic E-state index is -0.0595. The number of anilines is 1. The largest absolute Gasteiger partial charge is 0.454 e. The minimum absolute atomic E-state index is 0.0205. The van der Waals surface area contributed by atoms with Crippen LogP contribution in [0, 0.1) is 0 Å². The van der Waals surface area contributed by atoms with Gasteiger partial charge >= 0.3 is 0 Å². The SMILES string of the molecule is O=C1C[C@H](c2ccc3c(c2)OCO3)c2cnn(-c3ccccc3)c2N1. The van der Waals surface area contributed by atoms with E-state index < -0.39 is 0 Å². The first-order chi connectivity index (χ1) is 12.3. The summed E-state index contributed by atoms with van der Waals surface area (Å²) in [6.45, 7) is 0.237. The number of amides is 1. The lowest BCUT2D eigenvalue weighted by Crippen LogP contribution is -2.24. The molecule has 2 aliphatic rings. The Morgan fingerprint density at radius 1 is 1.08 bits per heavy atom. The van der Waals surface area contributed by atoms with Gasteiger partial charge < -0.3 is 14.8 Å². The quantitative estimate of drug-likeness (QED) is 0.783. The van der Waals surface area contributed by atoms with Crippen LogP contribution in [0.2, 0.25) is 0 Å². The smallest absolute Gasteiger partial charge is 0.231 e. The lowest BCUT2D eigenvalue weighted by molar-refractivity contribution is -0.116. The number of carbonyl (C=O) groups excluding carboxylic acids is 1. The van der Waals surface area contributed by atoms with Crippen LogP contribution in [0.25, 0.3) is 5.69 Å². The molecular formula is C19H15N3O3. The highest BCUT2D eigenvalue weighted by Gasteiger charge is 2.31. The normalized spacial score (nSPS) is 17.9. The molecule has 2 aliphatic heterocycles. The Bertz CT molecular complexity index is 965. The van der Waals surface area contributed by atoms with E-state index >= 15 is 0 Å². The van der Waals surface area contributed by atoms with Crippen molar-refractivity contribution in [2.24, 2.45) is 0 Å². The summed E-state index contributed by atoms with van der Waals surface area (Å²) in [6, 6.07) is 15.6. The van der Waals surface area contributed by atoms with E-state index in [1.165, 1.54) is 0 Å². The lowest BCUT2D eigenvalue weighted by atomic mass is 9.87. The van der Waals surface area contributed by atoms with Crippen molar-refractivity contribution in [2.45, 2.75) is 12.3 Å². The van der Waals surface area contributed by atoms with Crippen LogP contribution in [0.5, 0.6) is 11.5 Å². The number of aromatic nitrogens is 2. The number of para-hydroxylation sites is 1. The molecule has 0 bridgehead atoms. The van der Waals surface area contributed by atoms with Gasteiger partial charge in [0.25, 0.3) is 0 Å². The number of carbonyl (C=O) groups is 1. The van der Waals surface area contributed by atoms with Crippen LogP contribution in [0.1, 0.15) is 23.5 Å². The van der Waals surface area contributed by atoms with E-state index in [1.54, 1.807) is 4.68 Å². The maximum atomic E-state index is 12.3. The second-order valence-electron chi connectivity index (χ2n) is 6.11. The molecule has 0 saturated carbocycles. The molecule has 0 unspecified atom stereocenters. The van der Waals surface area contributed by atoms with Gasteiger partial charge in [0.15, 0.2) is 11.5 Å². The molecule has 1 aromatic heterocycles. The van der Waals surface area contributed by atoms with Crippen molar-refractivity contribution in [3.8, 4) is 17.2 Å². The average Bonchev–Trinajstić information content (AvgIpc) is 3.27. The molecule has 0 spiro atoms. The summed E-state index contributed by atoms with van der Waals surface area (Å²) in [6.07, 6.45) is 2.21. The third-order valence-electron chi connectivity index (χ3n) is 4.62. The molecule has 0 aliphatic carbocycles. The highest BCUT2D eigenvalue weighted by molar-refractivity contribution is 5.94. The molecule has 6 nitrogen and oxygen atoms in total. The monoisotopic (exact) mass is 333 g/mol. The van der Waals surface area contributed by atoms with Crippen LogP contribution in [0.3, 0.4) is 0 Å². The van der Waals surface area contributed by atoms with Crippen molar-refractivity contribution >= 4 is 11.7 Å². The first kappa shape index (κ1) is 14.1. The van der Waals surface area contributed by atoms with Crippen molar-refractivity contribution < 1.29 is 14.3 Å². The fraction of sp³-hybridized carbons (Fsp3) is 0.158. The Labute approximate surface area is 144 Å². The van der Waals surface area contributed by atoms with Gasteiger partial charge in [-0.05, 0) is 29.8 Å². The molecule has 3 aromatic rings. The first-order valence-electron chi connectivity index (χ1n) is 8.12. The Morgan fingerprint density at radius 2 is 1.92 bits per heavy atom. The summed E-state index contributed by atoms with van der Waals surface area (Å²) in [4.78, 5) is 12.3. The van der Waals surface area contributed by atoms with Crippen LogP contribution in [0.4, 0.5) is 5.82 Å². The highest BCUT2D eigenvalue weighted by atomic mass is 16.7. The molecule has 6 heteroatoms. The summed E-state index contributed by atoms with van der Waals surface area (Å²) >= 11 is 0. The zero-order valence-corrected chi connectivity index (χ0v) is 13.3. The molecule has 3 heterocycles. The standard InChI is InChI=1S/C19H15N3O3/c23-18-9-14(12-6-7-16-17(8-12)25-11-24-16)15-10-20-22(19(15)21-18)13-4-2-1-3-5-13/h1-8,10,14H,9,11H2,(H,21,23)/t14-/m1/s1. The summed E-state index contributed by atoms with van der Waals surface area (Å²) < 4.78 is 12.6. The van der Waals surface area contributed by atoms with Gasteiger partial charge in [0.1, 0.15) is 5.82 Å². The van der Waals surface area contributed by atoms with Crippen LogP contribution in [-0.4, -0.2) is 22.5 Å². The van der Waals surface area contributed by atoms with Crippen molar-refractivity contribution in [3.05, 3.63) is 65.9 Å². The van der Waals surface area contributed by atoms with Crippen LogP contribution in [-0.2, 0) is 4.79 Å². The molecule has 1 amide bonds. The van der Waals surface area contributed by atoms with E-state index in [0.29, 0.717) is 6.42 Å². The highest BCUT2D eigenvalue weighted by Crippen LogP contribution is 2.41. The first-order valence-corrected chi connectivity index (χ1v) is 8.12. The Morgan fingerprint density at radius 3 is 2.80 bits per heavy atom. The van der Waals surface area contributed by atoms with E-state index in [2.05, 4.69) is 10.4 Å². The van der Waals surface area contributed by atoms with E-state index in [0.717, 1.165) is 34.1 Å². The fourth-order valence-corrected chi connectivity index (χ4v) is 3.41. The van der Waals surface area contributed by atoms with Crippen molar-refractivity contribution in [1.29, 1.82) is 0 Å². The zero-order chi connectivity index (χ0) is 16.8. The average molecular weight is 333 g/mol. The number of ether oxygens (including phenoxy) is 2. The van der Waals surface area contributed by atoms with Gasteiger partial charge in [0, 0.05) is 17.9 Å². The third kappa shape index (κ3) is 2.26. The summed E-state index contributed by atoms with van der Waals surface area (Å²) in [7, 11) is 0. The van der Waals surface area contributed by atoms with Gasteiger partial charge in [-0.25, -0.2) is 4.68 Å². The Balaban J connectivity index is 1.60. The predicted molar refractivity (Wildman–Crippen MR) is 91.2 cm³/mol. The lowest BCUT2D eigenvalue weighted by Gasteiger charge is -2.24. The van der Waals surface area contributed by atoms with Gasteiger partial charge in [0.2, 0.25) is 12.7 Å². The van der Waals surface area contributed by atoms with Gasteiger partial charge in [-0.1, -0.05) is 24.3 Å². The van der Waals surface area contributed by atoms with Gasteiger partial charge in [-0.2, -0.15) is 5.10 Å². The minimum Gasteiger partial charge on any atom is -0.454 e. The van der Waals surface area contributed by atoms with Crippen molar-refractivity contribution in [2.75, 3.05) is 12.1 Å². The van der Waals surface area contributed by atoms with Crippen LogP contribution in [0.15, 0.2) is 54.7 Å². The van der Waals surface area contributed by atoms with Crippen LogP contribution < -0.4 is 14.8 Å². The summed E-state index contributed by atoms with van der Waals surface area (Å²) in [5.41, 5.74) is 2.94. The topological polar surface area (TPSA) is 65.4 Å². The Kier molecular flexibility index (Phi) is 3.03. The molecule has 124 valence electrons. The van der Waals surface area contributed by atoms with Gasteiger partial charge in [0.05, 0.1) is 11.9 Å². The number of fused-ring (bicyclic) bond motifs is 2. The molecule has 5 rings (SSSR count). The van der Waals surface area contributed by atoms with E-state index in [4.69, 9.17) is 9.47 Å². The molecule has 2 aromatic carbocycles. The molecule has 1 N–H and O–H groups in total. The number of hydrogen-bond acceptors (Lipinski definition) is 4. The van der Waals surface area contributed by atoms with Gasteiger partial charge in [-0.3, -0.25) is 4.79 Å². The molecular weight excluding hydrogens is 318 g/mol. The molecule has 25 heavy (non-hydrogen) atoms. The molecule has 0 fully saturated rings. The summed E-state index contributed by atoms with van der Waals surface area (Å²) in [5.74, 6) is 2.11. The second-order valence-corrected chi connectivity index (χ2v) is 6.11. The number of nitrogens with zero attached hydrogens (tertiary/aromatic N) is 2.